The molecule has 0 bridgehead atoms. The Bertz CT molecular complexity index is 839. The summed E-state index contributed by atoms with van der Waals surface area (Å²) < 4.78 is 19.1. The van der Waals surface area contributed by atoms with E-state index in [1.807, 2.05) is 42.3 Å². The molecule has 3 rings (SSSR count). The van der Waals surface area contributed by atoms with E-state index in [2.05, 4.69) is 5.32 Å². The minimum atomic E-state index is -0.907. The molecule has 1 amide bonds. The number of hydrogen-bond acceptors (Lipinski definition) is 5. The molecule has 1 heterocycles. The first-order valence-electron chi connectivity index (χ1n) is 9.32. The van der Waals surface area contributed by atoms with E-state index in [1.165, 1.54) is 12.1 Å². The summed E-state index contributed by atoms with van der Waals surface area (Å²) in [7, 11) is 1.86. The molecule has 6 nitrogen and oxygen atoms in total. The first-order valence-corrected chi connectivity index (χ1v) is 9.70. The van der Waals surface area contributed by atoms with Gasteiger partial charge < -0.3 is 20.3 Å². The Morgan fingerprint density at radius 3 is 2.62 bits per heavy atom. The van der Waals surface area contributed by atoms with Crippen molar-refractivity contribution in [2.24, 2.45) is 0 Å². The van der Waals surface area contributed by atoms with Crippen molar-refractivity contribution in [2.45, 2.75) is 30.9 Å². The van der Waals surface area contributed by atoms with Crippen molar-refractivity contribution in [3.63, 3.8) is 0 Å². The molecule has 1 saturated heterocycles. The van der Waals surface area contributed by atoms with Gasteiger partial charge in [0.15, 0.2) is 0 Å². The zero-order valence-electron chi connectivity index (χ0n) is 16.0. The van der Waals surface area contributed by atoms with Crippen LogP contribution in [-0.4, -0.2) is 65.6 Å². The number of benzene rings is 2. The number of ether oxygens (including phenoxy) is 1. The van der Waals surface area contributed by atoms with Gasteiger partial charge in [-0.1, -0.05) is 41.9 Å². The van der Waals surface area contributed by atoms with Gasteiger partial charge >= 0.3 is 0 Å². The van der Waals surface area contributed by atoms with E-state index >= 15 is 0 Å². The molecule has 2 aromatic rings. The van der Waals surface area contributed by atoms with Gasteiger partial charge in [-0.05, 0) is 30.8 Å². The fourth-order valence-electron chi connectivity index (χ4n) is 3.60. The lowest BCUT2D eigenvalue weighted by atomic mass is 10.0. The van der Waals surface area contributed by atoms with Gasteiger partial charge in [-0.3, -0.25) is 9.69 Å². The average Bonchev–Trinajstić information content (AvgIpc) is 3.04. The maximum absolute atomic E-state index is 13.3. The number of carbonyl (C=O) groups excluding carboxylic acids is 1. The van der Waals surface area contributed by atoms with Crippen LogP contribution in [0.5, 0.6) is 0 Å². The van der Waals surface area contributed by atoms with E-state index in [-0.39, 0.29) is 23.7 Å². The lowest BCUT2D eigenvalue weighted by Crippen LogP contribution is -2.49. The summed E-state index contributed by atoms with van der Waals surface area (Å²) >= 11 is 5.74. The Morgan fingerprint density at radius 2 is 1.97 bits per heavy atom. The second-order valence-corrected chi connectivity index (χ2v) is 7.52. The standard InChI is InChI=1S/C21H24ClFN2O4/c1-25(11-13-5-3-2-4-6-13)19-17(29-18(12-26)20(19)27)10-24-21(28)14-7-8-16(23)15(22)9-14/h2-9,17-20,26-27H,10-12H2,1H3,(H,24,28). The molecule has 4 atom stereocenters. The molecule has 0 aliphatic carbocycles. The number of nitrogens with one attached hydrogen (secondary N) is 1. The molecular formula is C21H24ClFN2O4. The summed E-state index contributed by atoms with van der Waals surface area (Å²) in [6.45, 7) is 0.363. The molecule has 0 radical (unpaired) electrons. The molecule has 0 spiro atoms. The predicted molar refractivity (Wildman–Crippen MR) is 107 cm³/mol. The third-order valence-electron chi connectivity index (χ3n) is 5.07. The molecular weight excluding hydrogens is 399 g/mol. The van der Waals surface area contributed by atoms with Crippen LogP contribution in [0, 0.1) is 5.82 Å². The molecule has 0 aromatic heterocycles. The summed E-state index contributed by atoms with van der Waals surface area (Å²) in [5, 5.41) is 22.7. The Morgan fingerprint density at radius 1 is 1.24 bits per heavy atom. The second-order valence-electron chi connectivity index (χ2n) is 7.12. The number of aliphatic hydroxyl groups is 2. The summed E-state index contributed by atoms with van der Waals surface area (Å²) in [6, 6.07) is 13.1. The number of hydrogen-bond donors (Lipinski definition) is 3. The lowest BCUT2D eigenvalue weighted by Gasteiger charge is -2.30. The van der Waals surface area contributed by atoms with E-state index < -0.39 is 36.1 Å². The van der Waals surface area contributed by atoms with E-state index in [0.29, 0.717) is 6.54 Å². The zero-order valence-corrected chi connectivity index (χ0v) is 16.7. The normalized spacial score (nSPS) is 24.1. The topological polar surface area (TPSA) is 82.0 Å². The number of aliphatic hydroxyl groups excluding tert-OH is 2. The fourth-order valence-corrected chi connectivity index (χ4v) is 3.78. The van der Waals surface area contributed by atoms with Crippen molar-refractivity contribution in [1.29, 1.82) is 0 Å². The highest BCUT2D eigenvalue weighted by molar-refractivity contribution is 6.31. The number of likely N-dealkylation sites (N-methyl/N-ethyl adjacent to an activating group) is 1. The summed E-state index contributed by atoms with van der Waals surface area (Å²) in [5.74, 6) is -1.03. The van der Waals surface area contributed by atoms with Crippen LogP contribution < -0.4 is 5.32 Å². The zero-order chi connectivity index (χ0) is 21.0. The Hall–Kier alpha value is -2.03. The molecule has 29 heavy (non-hydrogen) atoms. The Labute approximate surface area is 173 Å². The smallest absolute Gasteiger partial charge is 0.251 e. The van der Waals surface area contributed by atoms with Crippen LogP contribution in [-0.2, 0) is 11.3 Å². The molecule has 8 heteroatoms. The monoisotopic (exact) mass is 422 g/mol. The molecule has 4 unspecified atom stereocenters. The predicted octanol–water partition coefficient (Wildman–Crippen LogP) is 1.83. The maximum Gasteiger partial charge on any atom is 0.251 e. The first kappa shape index (κ1) is 21.7. The third-order valence-corrected chi connectivity index (χ3v) is 5.36. The van der Waals surface area contributed by atoms with Gasteiger partial charge in [-0.25, -0.2) is 4.39 Å². The minimum Gasteiger partial charge on any atom is -0.394 e. The molecule has 1 fully saturated rings. The van der Waals surface area contributed by atoms with Gasteiger partial charge in [0.05, 0.1) is 23.8 Å². The highest BCUT2D eigenvalue weighted by Gasteiger charge is 2.45. The van der Waals surface area contributed by atoms with Crippen LogP contribution in [0.2, 0.25) is 5.02 Å². The van der Waals surface area contributed by atoms with Crippen molar-refractivity contribution in [2.75, 3.05) is 20.2 Å². The summed E-state index contributed by atoms with van der Waals surface area (Å²) in [4.78, 5) is 14.3. The summed E-state index contributed by atoms with van der Waals surface area (Å²) in [6.07, 6.45) is -2.17. The first-order chi connectivity index (χ1) is 13.9. The quantitative estimate of drug-likeness (QED) is 0.634. The second kappa shape index (κ2) is 9.65. The van der Waals surface area contributed by atoms with Crippen LogP contribution in [0.3, 0.4) is 0 Å². The average molecular weight is 423 g/mol. The molecule has 3 N–H and O–H groups in total. The van der Waals surface area contributed by atoms with Gasteiger partial charge in [0.25, 0.3) is 5.91 Å². The van der Waals surface area contributed by atoms with Crippen LogP contribution in [0.15, 0.2) is 48.5 Å². The van der Waals surface area contributed by atoms with Gasteiger partial charge in [-0.2, -0.15) is 0 Å². The maximum atomic E-state index is 13.3. The van der Waals surface area contributed by atoms with Gasteiger partial charge in [0, 0.05) is 18.7 Å². The number of amides is 1. The van der Waals surface area contributed by atoms with Crippen LogP contribution in [0.4, 0.5) is 4.39 Å². The highest BCUT2D eigenvalue weighted by atomic mass is 35.5. The molecule has 1 aliphatic rings. The highest BCUT2D eigenvalue weighted by Crippen LogP contribution is 2.26. The van der Waals surface area contributed by atoms with Crippen LogP contribution in [0.1, 0.15) is 15.9 Å². The largest absolute Gasteiger partial charge is 0.394 e. The van der Waals surface area contributed by atoms with Crippen molar-refractivity contribution in [1.82, 2.24) is 10.2 Å². The van der Waals surface area contributed by atoms with E-state index in [0.717, 1.165) is 11.6 Å². The van der Waals surface area contributed by atoms with Crippen molar-refractivity contribution in [3.8, 4) is 0 Å². The van der Waals surface area contributed by atoms with E-state index in [4.69, 9.17) is 16.3 Å². The Balaban J connectivity index is 1.68. The van der Waals surface area contributed by atoms with Gasteiger partial charge in [0.2, 0.25) is 0 Å². The number of carbonyl (C=O) groups is 1. The summed E-state index contributed by atoms with van der Waals surface area (Å²) in [5.41, 5.74) is 1.29. The van der Waals surface area contributed by atoms with Crippen molar-refractivity contribution >= 4 is 17.5 Å². The fraction of sp³-hybridized carbons (Fsp3) is 0.381. The van der Waals surface area contributed by atoms with E-state index in [9.17, 15) is 19.4 Å². The van der Waals surface area contributed by atoms with Gasteiger partial charge in [0.1, 0.15) is 18.0 Å². The molecule has 1 aliphatic heterocycles. The van der Waals surface area contributed by atoms with Crippen molar-refractivity contribution in [3.05, 3.63) is 70.5 Å². The van der Waals surface area contributed by atoms with Crippen LogP contribution in [0.25, 0.3) is 0 Å². The molecule has 0 saturated carbocycles. The molecule has 156 valence electrons. The van der Waals surface area contributed by atoms with Gasteiger partial charge in [-0.15, -0.1) is 0 Å². The third kappa shape index (κ3) is 5.12. The van der Waals surface area contributed by atoms with Crippen molar-refractivity contribution < 1.29 is 24.1 Å². The number of rotatable bonds is 7. The van der Waals surface area contributed by atoms with E-state index in [1.54, 1.807) is 0 Å². The number of nitrogens with zero attached hydrogens (tertiary/aromatic N) is 1. The Kier molecular flexibility index (Phi) is 7.21. The SMILES string of the molecule is CN(Cc1ccccc1)C1C(CNC(=O)c2ccc(F)c(Cl)c2)OC(CO)C1O. The minimum absolute atomic E-state index is 0.116. The molecule has 2 aromatic carbocycles. The lowest BCUT2D eigenvalue weighted by molar-refractivity contribution is -0.0209. The van der Waals surface area contributed by atoms with Crippen LogP contribution >= 0.6 is 11.6 Å². The number of halogens is 2.